The fourth-order valence-electron chi connectivity index (χ4n) is 6.16. The first-order chi connectivity index (χ1) is 13.0. The Labute approximate surface area is 167 Å². The van der Waals surface area contributed by atoms with Crippen LogP contribution in [0.2, 0.25) is 0 Å². The van der Waals surface area contributed by atoms with E-state index in [-0.39, 0.29) is 17.2 Å². The summed E-state index contributed by atoms with van der Waals surface area (Å²) in [7, 11) is 0. The quantitative estimate of drug-likeness (QED) is 0.616. The Morgan fingerprint density at radius 3 is 2.14 bits per heavy atom. The normalized spacial score (nSPS) is 34.9. The molecule has 0 heterocycles. The number of benzene rings is 1. The molecule has 0 amide bonds. The molecule has 2 unspecified atom stereocenters. The van der Waals surface area contributed by atoms with E-state index in [2.05, 4.69) is 20.8 Å². The highest BCUT2D eigenvalue weighted by Gasteiger charge is 2.61. The van der Waals surface area contributed by atoms with Crippen molar-refractivity contribution < 1.29 is 19.4 Å². The molecule has 0 saturated heterocycles. The smallest absolute Gasteiger partial charge is 0.312 e. The summed E-state index contributed by atoms with van der Waals surface area (Å²) in [5.74, 6) is 0.369. The second kappa shape index (κ2) is 6.41. The molecule has 4 bridgehead atoms. The van der Waals surface area contributed by atoms with Gasteiger partial charge in [0.1, 0.15) is 0 Å². The van der Waals surface area contributed by atoms with Crippen LogP contribution in [-0.4, -0.2) is 28.6 Å². The zero-order chi connectivity index (χ0) is 20.3. The minimum absolute atomic E-state index is 0.0262. The average molecular weight is 385 g/mol. The molecule has 0 radical (unpaired) electrons. The summed E-state index contributed by atoms with van der Waals surface area (Å²) in [6, 6.07) is 7.58. The minimum atomic E-state index is -0.810. The Morgan fingerprint density at radius 1 is 1.07 bits per heavy atom. The van der Waals surface area contributed by atoms with E-state index in [1.165, 1.54) is 0 Å². The van der Waals surface area contributed by atoms with Crippen molar-refractivity contribution in [1.29, 1.82) is 0 Å². The highest BCUT2D eigenvalue weighted by Crippen LogP contribution is 2.62. The number of carbonyl (C=O) groups is 2. The van der Waals surface area contributed by atoms with Crippen LogP contribution in [0.3, 0.4) is 0 Å². The van der Waals surface area contributed by atoms with Gasteiger partial charge in [-0.2, -0.15) is 0 Å². The van der Waals surface area contributed by atoms with E-state index in [4.69, 9.17) is 4.74 Å². The predicted molar refractivity (Wildman–Crippen MR) is 107 cm³/mol. The lowest BCUT2D eigenvalue weighted by atomic mass is 9.48. The van der Waals surface area contributed by atoms with Crippen LogP contribution < -0.4 is 0 Å². The fraction of sp³-hybridized carbons (Fsp3) is 0.667. The van der Waals surface area contributed by atoms with E-state index in [1.807, 2.05) is 24.3 Å². The van der Waals surface area contributed by atoms with Gasteiger partial charge in [0.2, 0.25) is 5.78 Å². The minimum Gasteiger partial charge on any atom is -0.454 e. The molecule has 1 N–H and O–H groups in total. The van der Waals surface area contributed by atoms with E-state index in [9.17, 15) is 14.7 Å². The molecule has 4 fully saturated rings. The second-order valence-electron chi connectivity index (χ2n) is 10.7. The molecule has 0 aromatic heterocycles. The molecule has 0 aliphatic heterocycles. The van der Waals surface area contributed by atoms with Crippen molar-refractivity contribution >= 4 is 11.8 Å². The van der Waals surface area contributed by atoms with Crippen molar-refractivity contribution in [1.82, 2.24) is 0 Å². The fourth-order valence-corrected chi connectivity index (χ4v) is 6.16. The molecule has 28 heavy (non-hydrogen) atoms. The molecular weight excluding hydrogens is 352 g/mol. The number of hydrogen-bond donors (Lipinski definition) is 1. The van der Waals surface area contributed by atoms with Crippen LogP contribution >= 0.6 is 0 Å². The number of hydrogen-bond acceptors (Lipinski definition) is 4. The molecule has 4 aliphatic carbocycles. The van der Waals surface area contributed by atoms with Crippen LogP contribution in [0, 0.1) is 17.3 Å². The predicted octanol–water partition coefficient (Wildman–Crippen LogP) is 4.43. The lowest BCUT2D eigenvalue weighted by Gasteiger charge is -2.58. The van der Waals surface area contributed by atoms with Crippen molar-refractivity contribution in [3.63, 3.8) is 0 Å². The Hall–Kier alpha value is -1.68. The number of ketones is 1. The van der Waals surface area contributed by atoms with Gasteiger partial charge >= 0.3 is 5.97 Å². The topological polar surface area (TPSA) is 63.6 Å². The van der Waals surface area contributed by atoms with Crippen LogP contribution in [0.1, 0.15) is 82.1 Å². The summed E-state index contributed by atoms with van der Waals surface area (Å²) in [5.41, 5.74) is 0.453. The Bertz CT molecular complexity index is 772. The summed E-state index contributed by atoms with van der Waals surface area (Å²) in [4.78, 5) is 25.9. The number of aliphatic hydroxyl groups is 1. The van der Waals surface area contributed by atoms with Crippen molar-refractivity contribution in [3.05, 3.63) is 35.4 Å². The summed E-state index contributed by atoms with van der Waals surface area (Å²) >= 11 is 0. The zero-order valence-corrected chi connectivity index (χ0v) is 17.5. The van der Waals surface area contributed by atoms with Gasteiger partial charge < -0.3 is 9.84 Å². The average Bonchev–Trinajstić information content (AvgIpc) is 2.58. The van der Waals surface area contributed by atoms with Crippen molar-refractivity contribution in [2.45, 2.75) is 83.3 Å². The third-order valence-electron chi connectivity index (χ3n) is 7.15. The first-order valence-corrected chi connectivity index (χ1v) is 10.6. The number of esters is 1. The summed E-state index contributed by atoms with van der Waals surface area (Å²) in [6.45, 7) is 8.06. The van der Waals surface area contributed by atoms with Crippen LogP contribution in [0.4, 0.5) is 0 Å². The highest BCUT2D eigenvalue weighted by atomic mass is 16.5. The summed E-state index contributed by atoms with van der Waals surface area (Å²) in [5, 5.41) is 10.9. The van der Waals surface area contributed by atoms with E-state index in [0.29, 0.717) is 23.8 Å². The third-order valence-corrected chi connectivity index (χ3v) is 7.15. The van der Waals surface area contributed by atoms with E-state index in [1.54, 1.807) is 6.92 Å². The molecule has 4 saturated carbocycles. The van der Waals surface area contributed by atoms with E-state index >= 15 is 0 Å². The standard InChI is InChI=1S/C24H32O4/c1-15(20(25)18-5-7-19(8-6-18)22(2,3)4)28-21(26)23-10-16-9-17(11-23)13-24(27,12-16)14-23/h5-8,15-17,27H,9-14H2,1-4H3/t15-,16-,17+,23?,24?/m1/s1. The van der Waals surface area contributed by atoms with Crippen LogP contribution in [-0.2, 0) is 14.9 Å². The molecule has 4 nitrogen and oxygen atoms in total. The number of rotatable bonds is 4. The van der Waals surface area contributed by atoms with Gasteiger partial charge in [0.15, 0.2) is 6.10 Å². The van der Waals surface area contributed by atoms with E-state index in [0.717, 1.165) is 37.7 Å². The summed E-state index contributed by atoms with van der Waals surface area (Å²) < 4.78 is 5.69. The van der Waals surface area contributed by atoms with Crippen LogP contribution in [0.25, 0.3) is 0 Å². The monoisotopic (exact) mass is 384 g/mol. The molecule has 5 atom stereocenters. The molecular formula is C24H32O4. The summed E-state index contributed by atoms with van der Waals surface area (Å²) in [6.07, 6.45) is 4.02. The van der Waals surface area contributed by atoms with Gasteiger partial charge in [0.05, 0.1) is 11.0 Å². The third kappa shape index (κ3) is 3.41. The maximum atomic E-state index is 13.1. The lowest BCUT2D eigenvalue weighted by Crippen LogP contribution is -2.58. The van der Waals surface area contributed by atoms with Crippen molar-refractivity contribution in [2.75, 3.05) is 0 Å². The van der Waals surface area contributed by atoms with Crippen LogP contribution in [0.5, 0.6) is 0 Å². The second-order valence-corrected chi connectivity index (χ2v) is 10.7. The maximum absolute atomic E-state index is 13.1. The molecule has 4 heteroatoms. The van der Waals surface area contributed by atoms with Gasteiger partial charge in [0, 0.05) is 5.56 Å². The Kier molecular flexibility index (Phi) is 4.50. The van der Waals surface area contributed by atoms with Gasteiger partial charge in [-0.25, -0.2) is 0 Å². The SMILES string of the molecule is C[C@@H](OC(=O)C12C[C@@H]3C[C@@H](CC(O)(C3)C1)C2)C(=O)c1ccc(C(C)(C)C)cc1. The van der Waals surface area contributed by atoms with Crippen molar-refractivity contribution in [2.24, 2.45) is 17.3 Å². The Morgan fingerprint density at radius 2 is 1.64 bits per heavy atom. The molecule has 1 aromatic rings. The molecule has 1 aromatic carbocycles. The van der Waals surface area contributed by atoms with Gasteiger partial charge in [-0.1, -0.05) is 45.0 Å². The first-order valence-electron chi connectivity index (χ1n) is 10.6. The zero-order valence-electron chi connectivity index (χ0n) is 17.5. The molecule has 152 valence electrons. The van der Waals surface area contributed by atoms with E-state index < -0.39 is 17.1 Å². The number of carbonyl (C=O) groups excluding carboxylic acids is 2. The number of Topliss-reactive ketones (excluding diaryl/α,β-unsaturated/α-hetero) is 1. The van der Waals surface area contributed by atoms with Gasteiger partial charge in [-0.3, -0.25) is 9.59 Å². The van der Waals surface area contributed by atoms with Gasteiger partial charge in [-0.15, -0.1) is 0 Å². The lowest BCUT2D eigenvalue weighted by molar-refractivity contribution is -0.197. The first kappa shape index (κ1) is 19.6. The molecule has 5 rings (SSSR count). The molecule has 4 aliphatic rings. The Balaban J connectivity index is 1.45. The molecule has 0 spiro atoms. The largest absolute Gasteiger partial charge is 0.454 e. The van der Waals surface area contributed by atoms with Crippen molar-refractivity contribution in [3.8, 4) is 0 Å². The highest BCUT2D eigenvalue weighted by molar-refractivity contribution is 6.00. The van der Waals surface area contributed by atoms with Gasteiger partial charge in [-0.05, 0) is 68.3 Å². The number of ether oxygens (including phenoxy) is 1. The van der Waals surface area contributed by atoms with Crippen LogP contribution in [0.15, 0.2) is 24.3 Å². The van der Waals surface area contributed by atoms with Gasteiger partial charge in [0.25, 0.3) is 0 Å². The maximum Gasteiger partial charge on any atom is 0.312 e.